The molecule has 8 heteroatoms. The maximum Gasteiger partial charge on any atom is 0.265 e. The highest BCUT2D eigenvalue weighted by atomic mass is 32.2. The molecule has 0 N–H and O–H groups in total. The number of sulfonamides is 1. The molecule has 1 atom stereocenters. The zero-order chi connectivity index (χ0) is 20.7. The molecule has 0 radical (unpaired) electrons. The summed E-state index contributed by atoms with van der Waals surface area (Å²) >= 11 is 0. The van der Waals surface area contributed by atoms with Gasteiger partial charge in [-0.25, -0.2) is 16.8 Å². The molecule has 2 aromatic rings. The summed E-state index contributed by atoms with van der Waals surface area (Å²) < 4.78 is 58.1. The summed E-state index contributed by atoms with van der Waals surface area (Å²) in [5.74, 6) is 0.413. The van der Waals surface area contributed by atoms with E-state index in [1.54, 1.807) is 38.1 Å². The predicted octanol–water partition coefficient (Wildman–Crippen LogP) is 3.00. The Hall–Kier alpha value is -2.06. The first-order valence-corrected chi connectivity index (χ1v) is 12.3. The molecule has 0 saturated carbocycles. The van der Waals surface area contributed by atoms with Gasteiger partial charge in [0.25, 0.3) is 10.0 Å². The molecule has 1 saturated heterocycles. The van der Waals surface area contributed by atoms with Crippen molar-refractivity contribution in [2.24, 2.45) is 0 Å². The Balaban J connectivity index is 2.18. The highest BCUT2D eigenvalue weighted by molar-refractivity contribution is 7.93. The van der Waals surface area contributed by atoms with E-state index in [9.17, 15) is 16.8 Å². The zero-order valence-corrected chi connectivity index (χ0v) is 18.1. The van der Waals surface area contributed by atoms with Crippen LogP contribution in [0.4, 0.5) is 5.69 Å². The minimum Gasteiger partial charge on any atom is -0.497 e. The number of ether oxygens (including phenoxy) is 1. The highest BCUT2D eigenvalue weighted by Gasteiger charge is 2.40. The molecule has 1 aliphatic heterocycles. The summed E-state index contributed by atoms with van der Waals surface area (Å²) in [6.45, 7) is 5.45. The monoisotopic (exact) mass is 423 g/mol. The van der Waals surface area contributed by atoms with Gasteiger partial charge in [-0.15, -0.1) is 0 Å². The maximum atomic E-state index is 13.7. The number of benzene rings is 2. The first kappa shape index (κ1) is 20.7. The van der Waals surface area contributed by atoms with Crippen LogP contribution in [0, 0.1) is 20.8 Å². The van der Waals surface area contributed by atoms with Crippen LogP contribution < -0.4 is 9.04 Å². The topological polar surface area (TPSA) is 80.8 Å². The first-order valence-electron chi connectivity index (χ1n) is 9.02. The smallest absolute Gasteiger partial charge is 0.265 e. The fourth-order valence-electron chi connectivity index (χ4n) is 3.91. The van der Waals surface area contributed by atoms with Crippen molar-refractivity contribution in [1.29, 1.82) is 0 Å². The van der Waals surface area contributed by atoms with Gasteiger partial charge in [0.15, 0.2) is 9.84 Å². The van der Waals surface area contributed by atoms with Crippen LogP contribution in [-0.2, 0) is 19.9 Å². The Kier molecular flexibility index (Phi) is 5.46. The van der Waals surface area contributed by atoms with Gasteiger partial charge in [0.05, 0.1) is 35.2 Å². The summed E-state index contributed by atoms with van der Waals surface area (Å²) in [4.78, 5) is 0.234. The fourth-order valence-corrected chi connectivity index (χ4v) is 7.80. The van der Waals surface area contributed by atoms with Crippen molar-refractivity contribution >= 4 is 25.5 Å². The quantitative estimate of drug-likeness (QED) is 0.738. The van der Waals surface area contributed by atoms with Gasteiger partial charge in [0.1, 0.15) is 5.75 Å². The number of nitrogens with zero attached hydrogens (tertiary/aromatic N) is 1. The van der Waals surface area contributed by atoms with Crippen LogP contribution in [0.15, 0.2) is 41.3 Å². The summed E-state index contributed by atoms with van der Waals surface area (Å²) in [6.07, 6.45) is 0.275. The van der Waals surface area contributed by atoms with Gasteiger partial charge in [-0.3, -0.25) is 4.31 Å². The van der Waals surface area contributed by atoms with E-state index < -0.39 is 25.9 Å². The summed E-state index contributed by atoms with van der Waals surface area (Å²) in [5, 5.41) is 0. The average molecular weight is 424 g/mol. The molecular formula is C20H25NO5S2. The van der Waals surface area contributed by atoms with Gasteiger partial charge in [-0.1, -0.05) is 17.7 Å². The van der Waals surface area contributed by atoms with Crippen molar-refractivity contribution in [3.63, 3.8) is 0 Å². The van der Waals surface area contributed by atoms with E-state index in [1.165, 1.54) is 11.4 Å². The number of rotatable bonds is 5. The van der Waals surface area contributed by atoms with E-state index in [0.29, 0.717) is 22.6 Å². The van der Waals surface area contributed by atoms with Gasteiger partial charge >= 0.3 is 0 Å². The third-order valence-corrected chi connectivity index (χ3v) is 8.93. The van der Waals surface area contributed by atoms with E-state index in [1.807, 2.05) is 19.1 Å². The summed E-state index contributed by atoms with van der Waals surface area (Å²) in [7, 11) is -5.69. The molecule has 1 heterocycles. The van der Waals surface area contributed by atoms with Crippen molar-refractivity contribution in [2.75, 3.05) is 22.9 Å². The lowest BCUT2D eigenvalue weighted by Gasteiger charge is -2.31. The highest BCUT2D eigenvalue weighted by Crippen LogP contribution is 2.34. The molecule has 0 amide bonds. The van der Waals surface area contributed by atoms with E-state index in [0.717, 1.165) is 5.56 Å². The van der Waals surface area contributed by atoms with Crippen molar-refractivity contribution in [1.82, 2.24) is 0 Å². The Morgan fingerprint density at radius 2 is 1.61 bits per heavy atom. The van der Waals surface area contributed by atoms with Gasteiger partial charge in [0, 0.05) is 0 Å². The molecule has 0 spiro atoms. The second-order valence-corrected chi connectivity index (χ2v) is 11.3. The van der Waals surface area contributed by atoms with Crippen molar-refractivity contribution < 1.29 is 21.6 Å². The molecule has 0 aliphatic carbocycles. The van der Waals surface area contributed by atoms with Crippen molar-refractivity contribution in [3.8, 4) is 5.75 Å². The molecule has 6 nitrogen and oxygen atoms in total. The second-order valence-electron chi connectivity index (χ2n) is 7.28. The third-order valence-electron chi connectivity index (χ3n) is 4.99. The van der Waals surface area contributed by atoms with Crippen LogP contribution in [0.2, 0.25) is 0 Å². The lowest BCUT2D eigenvalue weighted by atomic mass is 10.1. The van der Waals surface area contributed by atoms with Crippen molar-refractivity contribution in [2.45, 2.75) is 38.1 Å². The Labute approximate surface area is 167 Å². The maximum absolute atomic E-state index is 13.7. The van der Waals surface area contributed by atoms with E-state index in [2.05, 4.69) is 0 Å². The number of aryl methyl sites for hydroxylation is 3. The molecule has 1 fully saturated rings. The van der Waals surface area contributed by atoms with E-state index >= 15 is 0 Å². The number of hydrogen-bond acceptors (Lipinski definition) is 5. The van der Waals surface area contributed by atoms with Crippen LogP contribution in [0.25, 0.3) is 0 Å². The van der Waals surface area contributed by atoms with Gasteiger partial charge in [0.2, 0.25) is 0 Å². The largest absolute Gasteiger partial charge is 0.497 e. The van der Waals surface area contributed by atoms with Gasteiger partial charge in [-0.2, -0.15) is 0 Å². The van der Waals surface area contributed by atoms with Crippen LogP contribution >= 0.6 is 0 Å². The van der Waals surface area contributed by atoms with E-state index in [-0.39, 0.29) is 22.8 Å². The summed E-state index contributed by atoms with van der Waals surface area (Å²) in [5.41, 5.74) is 2.71. The second kappa shape index (κ2) is 7.40. The molecule has 2 aromatic carbocycles. The zero-order valence-electron chi connectivity index (χ0n) is 16.5. The SMILES string of the molecule is COc1ccc(N([C@@H]2CCS(=O)(=O)C2)S(=O)(=O)c2c(C)cc(C)cc2C)cc1. The predicted molar refractivity (Wildman–Crippen MR) is 110 cm³/mol. The summed E-state index contributed by atoms with van der Waals surface area (Å²) in [6, 6.07) is 9.69. The standard InChI is InChI=1S/C20H25NO5S2/c1-14-11-15(2)20(16(3)12-14)28(24,25)21(18-9-10-27(22,23)13-18)17-5-7-19(26-4)8-6-17/h5-8,11-12,18H,9-10,13H2,1-4H3/t18-/m1/s1. The molecule has 3 rings (SSSR count). The Bertz CT molecular complexity index is 1070. The number of anilines is 1. The molecule has 28 heavy (non-hydrogen) atoms. The minimum absolute atomic E-state index is 0.00823. The Morgan fingerprint density at radius 1 is 1.04 bits per heavy atom. The fraction of sp³-hybridized carbons (Fsp3) is 0.400. The molecule has 0 bridgehead atoms. The van der Waals surface area contributed by atoms with Gasteiger partial charge in [-0.05, 0) is 62.6 Å². The van der Waals surface area contributed by atoms with Crippen LogP contribution in [0.5, 0.6) is 5.75 Å². The Morgan fingerprint density at radius 3 is 2.07 bits per heavy atom. The van der Waals surface area contributed by atoms with E-state index in [4.69, 9.17) is 4.74 Å². The molecule has 1 aliphatic rings. The molecule has 152 valence electrons. The number of methoxy groups -OCH3 is 1. The van der Waals surface area contributed by atoms with Crippen LogP contribution in [0.1, 0.15) is 23.1 Å². The molecule has 0 aromatic heterocycles. The number of hydrogen-bond donors (Lipinski definition) is 0. The molecular weight excluding hydrogens is 398 g/mol. The first-order chi connectivity index (χ1) is 13.0. The lowest BCUT2D eigenvalue weighted by Crippen LogP contribution is -2.41. The van der Waals surface area contributed by atoms with Gasteiger partial charge < -0.3 is 4.74 Å². The van der Waals surface area contributed by atoms with Crippen LogP contribution in [0.3, 0.4) is 0 Å². The third kappa shape index (κ3) is 3.89. The normalized spacial score (nSPS) is 18.8. The van der Waals surface area contributed by atoms with Crippen molar-refractivity contribution in [3.05, 3.63) is 53.1 Å². The lowest BCUT2D eigenvalue weighted by molar-refractivity contribution is 0.415. The molecule has 0 unspecified atom stereocenters. The average Bonchev–Trinajstić information content (AvgIpc) is 2.93. The number of sulfone groups is 1. The minimum atomic E-state index is -3.96. The van der Waals surface area contributed by atoms with Crippen LogP contribution in [-0.4, -0.2) is 41.5 Å².